The molecule has 2 heterocycles. The molecule has 8 nitrogen and oxygen atoms in total. The molecule has 0 aromatic heterocycles. The van der Waals surface area contributed by atoms with Crippen LogP contribution in [0.4, 0.5) is 10.5 Å². The van der Waals surface area contributed by atoms with Gasteiger partial charge in [-0.05, 0) is 72.1 Å². The van der Waals surface area contributed by atoms with Crippen LogP contribution >= 0.6 is 0 Å². The molecule has 1 aromatic rings. The molecule has 0 aliphatic carbocycles. The van der Waals surface area contributed by atoms with Gasteiger partial charge in [0.05, 0.1) is 12.5 Å². The predicted octanol–water partition coefficient (Wildman–Crippen LogP) is 3.16. The Balaban J connectivity index is 1.46. The molecule has 3 amide bonds. The van der Waals surface area contributed by atoms with Crippen molar-refractivity contribution in [2.24, 2.45) is 5.92 Å². The maximum atomic E-state index is 12.9. The number of carbonyl (C=O) groups excluding carboxylic acids is 3. The van der Waals surface area contributed by atoms with Gasteiger partial charge < -0.3 is 20.3 Å². The highest BCUT2D eigenvalue weighted by Crippen LogP contribution is 2.20. The molecule has 0 unspecified atom stereocenters. The van der Waals surface area contributed by atoms with E-state index in [0.29, 0.717) is 26.2 Å². The monoisotopic (exact) mass is 458 g/mol. The van der Waals surface area contributed by atoms with E-state index in [4.69, 9.17) is 4.74 Å². The number of likely N-dealkylation sites (tertiary alicyclic amines) is 2. The number of nitrogens with one attached hydrogen (secondary N) is 2. The van der Waals surface area contributed by atoms with E-state index in [0.717, 1.165) is 43.5 Å². The summed E-state index contributed by atoms with van der Waals surface area (Å²) in [5, 5.41) is 6.10. The summed E-state index contributed by atoms with van der Waals surface area (Å²) in [5.74, 6) is -0.295. The standard InChI is InChI=1S/C25H38N4O4/c1-18-9-11-20(12-10-18)26-22(30)17-28-13-6-8-21(16-28)27-23(31)19-7-5-14-29(15-19)24(32)33-25(2,3)4/h9-12,19,21H,5-8,13-17H2,1-4H3,(H,26,30)(H,27,31)/t19-,21+/m1/s1. The second-order valence-corrected chi connectivity index (χ2v) is 10.3. The quantitative estimate of drug-likeness (QED) is 0.707. The van der Waals surface area contributed by atoms with E-state index >= 15 is 0 Å². The first kappa shape index (κ1) is 25.0. The van der Waals surface area contributed by atoms with Crippen LogP contribution in [0.3, 0.4) is 0 Å². The maximum Gasteiger partial charge on any atom is 0.410 e. The summed E-state index contributed by atoms with van der Waals surface area (Å²) < 4.78 is 5.47. The molecule has 2 aliphatic rings. The number of anilines is 1. The molecule has 0 spiro atoms. The summed E-state index contributed by atoms with van der Waals surface area (Å²) in [7, 11) is 0. The zero-order valence-corrected chi connectivity index (χ0v) is 20.4. The molecule has 0 saturated carbocycles. The Hall–Kier alpha value is -2.61. The molecule has 3 rings (SSSR count). The van der Waals surface area contributed by atoms with Gasteiger partial charge >= 0.3 is 6.09 Å². The minimum atomic E-state index is -0.552. The van der Waals surface area contributed by atoms with Gasteiger partial charge in [0, 0.05) is 31.4 Å². The first-order valence-corrected chi connectivity index (χ1v) is 12.0. The van der Waals surface area contributed by atoms with Gasteiger partial charge in [0.1, 0.15) is 5.60 Å². The van der Waals surface area contributed by atoms with Crippen LogP contribution in [0.5, 0.6) is 0 Å². The average Bonchev–Trinajstić information content (AvgIpc) is 2.74. The summed E-state index contributed by atoms with van der Waals surface area (Å²) >= 11 is 0. The first-order chi connectivity index (χ1) is 15.6. The minimum absolute atomic E-state index is 0.00956. The lowest BCUT2D eigenvalue weighted by Crippen LogP contribution is -2.53. The van der Waals surface area contributed by atoms with Crippen molar-refractivity contribution < 1.29 is 19.1 Å². The van der Waals surface area contributed by atoms with Gasteiger partial charge in [-0.1, -0.05) is 17.7 Å². The summed E-state index contributed by atoms with van der Waals surface area (Å²) in [6.07, 6.45) is 3.01. The Labute approximate surface area is 197 Å². The van der Waals surface area contributed by atoms with Crippen LogP contribution in [0.1, 0.15) is 52.0 Å². The Morgan fingerprint density at radius 3 is 2.42 bits per heavy atom. The van der Waals surface area contributed by atoms with Crippen molar-refractivity contribution in [3.63, 3.8) is 0 Å². The molecular formula is C25H38N4O4. The van der Waals surface area contributed by atoms with E-state index < -0.39 is 5.60 Å². The third-order valence-corrected chi connectivity index (χ3v) is 6.00. The molecule has 2 N–H and O–H groups in total. The van der Waals surface area contributed by atoms with E-state index in [2.05, 4.69) is 15.5 Å². The van der Waals surface area contributed by atoms with Gasteiger partial charge in [-0.2, -0.15) is 0 Å². The molecule has 1 aromatic carbocycles. The van der Waals surface area contributed by atoms with Crippen LogP contribution in [0.2, 0.25) is 0 Å². The second-order valence-electron chi connectivity index (χ2n) is 10.3. The Morgan fingerprint density at radius 2 is 1.73 bits per heavy atom. The fourth-order valence-electron chi connectivity index (χ4n) is 4.36. The normalized spacial score (nSPS) is 21.9. The molecule has 2 saturated heterocycles. The smallest absolute Gasteiger partial charge is 0.410 e. The number of benzene rings is 1. The van der Waals surface area contributed by atoms with Gasteiger partial charge in [0.15, 0.2) is 0 Å². The summed E-state index contributed by atoms with van der Waals surface area (Å²) in [6.45, 7) is 10.3. The number of hydrogen-bond donors (Lipinski definition) is 2. The van der Waals surface area contributed by atoms with Crippen molar-refractivity contribution in [2.75, 3.05) is 38.0 Å². The molecule has 182 valence electrons. The maximum absolute atomic E-state index is 12.9. The zero-order chi connectivity index (χ0) is 24.0. The van der Waals surface area contributed by atoms with Crippen LogP contribution in [0.15, 0.2) is 24.3 Å². The average molecular weight is 459 g/mol. The van der Waals surface area contributed by atoms with Crippen molar-refractivity contribution >= 4 is 23.6 Å². The van der Waals surface area contributed by atoms with Crippen LogP contribution in [-0.4, -0.2) is 72.1 Å². The van der Waals surface area contributed by atoms with Gasteiger partial charge in [0.25, 0.3) is 0 Å². The number of rotatable bonds is 5. The van der Waals surface area contributed by atoms with Gasteiger partial charge in [-0.25, -0.2) is 4.79 Å². The number of ether oxygens (including phenoxy) is 1. The topological polar surface area (TPSA) is 91.0 Å². The lowest BCUT2D eigenvalue weighted by atomic mass is 9.96. The SMILES string of the molecule is Cc1ccc(NC(=O)CN2CCC[C@H](NC(=O)[C@@H]3CCCN(C(=O)OC(C)(C)C)C3)C2)cc1. The predicted molar refractivity (Wildman–Crippen MR) is 128 cm³/mol. The van der Waals surface area contributed by atoms with Crippen molar-refractivity contribution in [1.82, 2.24) is 15.1 Å². The van der Waals surface area contributed by atoms with E-state index in [1.807, 2.05) is 52.0 Å². The van der Waals surface area contributed by atoms with Crippen LogP contribution in [-0.2, 0) is 14.3 Å². The summed E-state index contributed by atoms with van der Waals surface area (Å²) in [4.78, 5) is 41.5. The summed E-state index contributed by atoms with van der Waals surface area (Å²) in [5.41, 5.74) is 1.39. The molecule has 0 radical (unpaired) electrons. The number of hydrogen-bond acceptors (Lipinski definition) is 5. The van der Waals surface area contributed by atoms with Gasteiger partial charge in [0.2, 0.25) is 11.8 Å². The van der Waals surface area contributed by atoms with E-state index in [1.54, 1.807) is 4.90 Å². The third-order valence-electron chi connectivity index (χ3n) is 6.00. The highest BCUT2D eigenvalue weighted by atomic mass is 16.6. The van der Waals surface area contributed by atoms with Crippen LogP contribution < -0.4 is 10.6 Å². The largest absolute Gasteiger partial charge is 0.444 e. The Morgan fingerprint density at radius 1 is 1.03 bits per heavy atom. The first-order valence-electron chi connectivity index (χ1n) is 12.0. The number of aryl methyl sites for hydroxylation is 1. The van der Waals surface area contributed by atoms with E-state index in [-0.39, 0.29) is 29.9 Å². The van der Waals surface area contributed by atoms with Crippen molar-refractivity contribution in [1.29, 1.82) is 0 Å². The Bertz CT molecular complexity index is 834. The zero-order valence-electron chi connectivity index (χ0n) is 20.4. The molecule has 33 heavy (non-hydrogen) atoms. The fourth-order valence-corrected chi connectivity index (χ4v) is 4.36. The highest BCUT2D eigenvalue weighted by molar-refractivity contribution is 5.92. The van der Waals surface area contributed by atoms with E-state index in [1.165, 1.54) is 0 Å². The van der Waals surface area contributed by atoms with Crippen molar-refractivity contribution in [3.8, 4) is 0 Å². The number of nitrogens with zero attached hydrogens (tertiary/aromatic N) is 2. The number of piperidine rings is 2. The highest BCUT2D eigenvalue weighted by Gasteiger charge is 2.32. The lowest BCUT2D eigenvalue weighted by molar-refractivity contribution is -0.127. The number of carbonyl (C=O) groups is 3. The molecule has 8 heteroatoms. The van der Waals surface area contributed by atoms with Gasteiger partial charge in [-0.3, -0.25) is 14.5 Å². The number of amides is 3. The molecule has 2 aliphatic heterocycles. The fraction of sp³-hybridized carbons (Fsp3) is 0.640. The van der Waals surface area contributed by atoms with Crippen LogP contribution in [0.25, 0.3) is 0 Å². The van der Waals surface area contributed by atoms with Crippen LogP contribution in [0, 0.1) is 12.8 Å². The minimum Gasteiger partial charge on any atom is -0.444 e. The molecule has 2 fully saturated rings. The molecule has 0 bridgehead atoms. The summed E-state index contributed by atoms with van der Waals surface area (Å²) in [6, 6.07) is 7.75. The third kappa shape index (κ3) is 8.03. The Kier molecular flexibility index (Phi) is 8.35. The molecular weight excluding hydrogens is 420 g/mol. The van der Waals surface area contributed by atoms with Gasteiger partial charge in [-0.15, -0.1) is 0 Å². The second kappa shape index (κ2) is 11.0. The van der Waals surface area contributed by atoms with E-state index in [9.17, 15) is 14.4 Å². The van der Waals surface area contributed by atoms with Crippen molar-refractivity contribution in [3.05, 3.63) is 29.8 Å². The van der Waals surface area contributed by atoms with Crippen molar-refractivity contribution in [2.45, 2.75) is 65.0 Å². The lowest BCUT2D eigenvalue weighted by Gasteiger charge is -2.36. The molecule has 2 atom stereocenters.